The molecule has 0 amide bonds. The molecule has 0 unspecified atom stereocenters. The third-order valence-corrected chi connectivity index (χ3v) is 2.65. The molecule has 1 aromatic rings. The normalized spacial score (nSPS) is 8.92. The van der Waals surface area contributed by atoms with Crippen molar-refractivity contribution in [2.75, 3.05) is 5.75 Å². The summed E-state index contributed by atoms with van der Waals surface area (Å²) in [6.45, 7) is 8.40. The topological polar surface area (TPSA) is 0 Å². The Labute approximate surface area is 86.7 Å². The van der Waals surface area contributed by atoms with Crippen molar-refractivity contribution in [3.05, 3.63) is 29.8 Å². The molecule has 0 atom stereocenters. The number of rotatable bonds is 3. The standard InChI is InChI=1S/C10H14S.C2H6/c1-3-9-7-5-6-8-10(9)11-4-2;1-2/h5-8H,3-4H2,1-2H3;1-2H3. The highest BCUT2D eigenvalue weighted by Crippen LogP contribution is 2.22. The summed E-state index contributed by atoms with van der Waals surface area (Å²) in [4.78, 5) is 1.44. The molecule has 1 rings (SSSR count). The minimum atomic E-state index is 1.14. The van der Waals surface area contributed by atoms with E-state index >= 15 is 0 Å². The van der Waals surface area contributed by atoms with Crippen LogP contribution in [0.25, 0.3) is 0 Å². The van der Waals surface area contributed by atoms with Gasteiger partial charge in [0.1, 0.15) is 0 Å². The molecule has 0 aromatic heterocycles. The van der Waals surface area contributed by atoms with Crippen LogP contribution in [0.4, 0.5) is 0 Å². The van der Waals surface area contributed by atoms with Crippen LogP contribution in [0.15, 0.2) is 29.2 Å². The molecule has 0 heterocycles. The summed E-state index contributed by atoms with van der Waals surface area (Å²) in [5.41, 5.74) is 1.47. The van der Waals surface area contributed by atoms with Crippen molar-refractivity contribution in [1.82, 2.24) is 0 Å². The Morgan fingerprint density at radius 3 is 2.23 bits per heavy atom. The summed E-state index contributed by atoms with van der Waals surface area (Å²) in [6, 6.07) is 8.63. The van der Waals surface area contributed by atoms with Gasteiger partial charge in [-0.25, -0.2) is 0 Å². The van der Waals surface area contributed by atoms with Crippen molar-refractivity contribution in [3.8, 4) is 0 Å². The Morgan fingerprint density at radius 1 is 1.08 bits per heavy atom. The predicted octanol–water partition coefficient (Wildman–Crippen LogP) is 4.39. The Hall–Kier alpha value is -0.430. The number of aryl methyl sites for hydroxylation is 1. The first-order chi connectivity index (χ1) is 6.38. The molecule has 0 radical (unpaired) electrons. The summed E-state index contributed by atoms with van der Waals surface area (Å²) in [6.07, 6.45) is 1.14. The lowest BCUT2D eigenvalue weighted by molar-refractivity contribution is 1.08. The summed E-state index contributed by atoms with van der Waals surface area (Å²) in [5.74, 6) is 1.16. The summed E-state index contributed by atoms with van der Waals surface area (Å²) < 4.78 is 0. The van der Waals surface area contributed by atoms with E-state index < -0.39 is 0 Å². The van der Waals surface area contributed by atoms with Gasteiger partial charge in [0.25, 0.3) is 0 Å². The number of thioether (sulfide) groups is 1. The smallest absolute Gasteiger partial charge is 0.0104 e. The zero-order valence-electron chi connectivity index (χ0n) is 9.13. The van der Waals surface area contributed by atoms with Crippen LogP contribution in [0.5, 0.6) is 0 Å². The summed E-state index contributed by atoms with van der Waals surface area (Å²) >= 11 is 1.93. The molecule has 0 bridgehead atoms. The van der Waals surface area contributed by atoms with Crippen LogP contribution in [0.2, 0.25) is 0 Å². The third kappa shape index (κ3) is 4.37. The molecule has 0 saturated carbocycles. The molecule has 0 spiro atoms. The molecule has 0 nitrogen and oxygen atoms in total. The average Bonchev–Trinajstić information content (AvgIpc) is 2.22. The van der Waals surface area contributed by atoms with Gasteiger partial charge in [-0.3, -0.25) is 0 Å². The van der Waals surface area contributed by atoms with Crippen LogP contribution < -0.4 is 0 Å². The van der Waals surface area contributed by atoms with E-state index in [9.17, 15) is 0 Å². The molecule has 1 aromatic carbocycles. The van der Waals surface area contributed by atoms with Crippen LogP contribution in [-0.4, -0.2) is 5.75 Å². The molecule has 13 heavy (non-hydrogen) atoms. The fraction of sp³-hybridized carbons (Fsp3) is 0.500. The lowest BCUT2D eigenvalue weighted by Crippen LogP contribution is -1.83. The van der Waals surface area contributed by atoms with Crippen molar-refractivity contribution >= 4 is 11.8 Å². The predicted molar refractivity (Wildman–Crippen MR) is 63.6 cm³/mol. The molecule has 74 valence electrons. The molecular weight excluding hydrogens is 176 g/mol. The van der Waals surface area contributed by atoms with Gasteiger partial charge >= 0.3 is 0 Å². The second kappa shape index (κ2) is 8.18. The number of hydrogen-bond donors (Lipinski definition) is 0. The Morgan fingerprint density at radius 2 is 1.69 bits per heavy atom. The van der Waals surface area contributed by atoms with Crippen LogP contribution in [0.3, 0.4) is 0 Å². The first-order valence-corrected chi connectivity index (χ1v) is 6.07. The van der Waals surface area contributed by atoms with Gasteiger partial charge in [0.05, 0.1) is 0 Å². The van der Waals surface area contributed by atoms with Gasteiger partial charge < -0.3 is 0 Å². The Balaban J connectivity index is 0.000000671. The third-order valence-electron chi connectivity index (χ3n) is 1.65. The van der Waals surface area contributed by atoms with Gasteiger partial charge in [0.2, 0.25) is 0 Å². The molecular formula is C12H20S. The summed E-state index contributed by atoms with van der Waals surface area (Å²) in [7, 11) is 0. The van der Waals surface area contributed by atoms with Crippen molar-refractivity contribution in [2.45, 2.75) is 39.0 Å². The maximum atomic E-state index is 2.21. The SMILES string of the molecule is CC.CCSc1ccccc1CC. The van der Waals surface area contributed by atoms with E-state index in [1.807, 2.05) is 25.6 Å². The Kier molecular flexibility index (Phi) is 7.91. The van der Waals surface area contributed by atoms with Crippen molar-refractivity contribution < 1.29 is 0 Å². The van der Waals surface area contributed by atoms with Gasteiger partial charge in [0.15, 0.2) is 0 Å². The van der Waals surface area contributed by atoms with Crippen LogP contribution >= 0.6 is 11.8 Å². The second-order valence-corrected chi connectivity index (χ2v) is 3.70. The molecule has 0 saturated heterocycles. The molecule has 0 aliphatic rings. The summed E-state index contributed by atoms with van der Waals surface area (Å²) in [5, 5.41) is 0. The number of hydrogen-bond acceptors (Lipinski definition) is 1. The van der Waals surface area contributed by atoms with Crippen molar-refractivity contribution in [2.24, 2.45) is 0 Å². The van der Waals surface area contributed by atoms with E-state index in [1.165, 1.54) is 10.5 Å². The quantitative estimate of drug-likeness (QED) is 0.646. The van der Waals surface area contributed by atoms with Gasteiger partial charge in [-0.15, -0.1) is 11.8 Å². The van der Waals surface area contributed by atoms with Gasteiger partial charge in [0, 0.05) is 4.90 Å². The van der Waals surface area contributed by atoms with Crippen molar-refractivity contribution in [3.63, 3.8) is 0 Å². The van der Waals surface area contributed by atoms with E-state index in [1.54, 1.807) is 0 Å². The largest absolute Gasteiger partial charge is 0.126 e. The van der Waals surface area contributed by atoms with E-state index in [2.05, 4.69) is 38.1 Å². The van der Waals surface area contributed by atoms with E-state index in [0.717, 1.165) is 12.2 Å². The highest BCUT2D eigenvalue weighted by Gasteiger charge is 1.96. The van der Waals surface area contributed by atoms with Gasteiger partial charge in [-0.05, 0) is 23.8 Å². The maximum absolute atomic E-state index is 2.21. The zero-order chi connectivity index (χ0) is 10.1. The Bertz CT molecular complexity index is 218. The molecule has 0 aliphatic carbocycles. The molecule has 0 fully saturated rings. The van der Waals surface area contributed by atoms with E-state index in [0.29, 0.717) is 0 Å². The first-order valence-electron chi connectivity index (χ1n) is 5.09. The molecule has 1 heteroatoms. The molecule has 0 aliphatic heterocycles. The van der Waals surface area contributed by atoms with Crippen LogP contribution in [0, 0.1) is 0 Å². The fourth-order valence-corrected chi connectivity index (χ4v) is 1.98. The van der Waals surface area contributed by atoms with Gasteiger partial charge in [-0.2, -0.15) is 0 Å². The van der Waals surface area contributed by atoms with Gasteiger partial charge in [-0.1, -0.05) is 45.9 Å². The lowest BCUT2D eigenvalue weighted by atomic mass is 10.2. The highest BCUT2D eigenvalue weighted by molar-refractivity contribution is 7.99. The zero-order valence-corrected chi connectivity index (χ0v) is 9.95. The van der Waals surface area contributed by atoms with E-state index in [4.69, 9.17) is 0 Å². The lowest BCUT2D eigenvalue weighted by Gasteiger charge is -2.03. The molecule has 0 N–H and O–H groups in total. The fourth-order valence-electron chi connectivity index (χ4n) is 1.09. The van der Waals surface area contributed by atoms with E-state index in [-0.39, 0.29) is 0 Å². The first kappa shape index (κ1) is 12.6. The minimum Gasteiger partial charge on any atom is -0.126 e. The average molecular weight is 196 g/mol. The van der Waals surface area contributed by atoms with Crippen LogP contribution in [0.1, 0.15) is 33.3 Å². The minimum absolute atomic E-state index is 1.14. The number of benzene rings is 1. The van der Waals surface area contributed by atoms with Crippen LogP contribution in [-0.2, 0) is 6.42 Å². The monoisotopic (exact) mass is 196 g/mol. The highest BCUT2D eigenvalue weighted by atomic mass is 32.2. The second-order valence-electron chi connectivity index (χ2n) is 2.39. The maximum Gasteiger partial charge on any atom is 0.0104 e. The van der Waals surface area contributed by atoms with Crippen molar-refractivity contribution in [1.29, 1.82) is 0 Å².